The average molecular weight is 805 g/mol. The minimum absolute atomic E-state index is 0.0575. The summed E-state index contributed by atoms with van der Waals surface area (Å²) in [6, 6.07) is 22.1. The summed E-state index contributed by atoms with van der Waals surface area (Å²) in [5, 5.41) is 19.5. The summed E-state index contributed by atoms with van der Waals surface area (Å²) in [5.74, 6) is -0.283. The Kier molecular flexibility index (Phi) is 15.3. The zero-order valence-corrected chi connectivity index (χ0v) is 32.4. The zero-order chi connectivity index (χ0) is 41.7. The summed E-state index contributed by atoms with van der Waals surface area (Å²) in [7, 11) is 1.26. The van der Waals surface area contributed by atoms with Crippen molar-refractivity contribution in [1.29, 1.82) is 0 Å². The topological polar surface area (TPSA) is 262 Å². The molecular weight excluding hydrogens is 759 g/mol. The first kappa shape index (κ1) is 43.4. The first-order valence-electron chi connectivity index (χ1n) is 17.2. The number of fused-ring (bicyclic) bond motifs is 2. The van der Waals surface area contributed by atoms with E-state index in [2.05, 4.69) is 14.5 Å². The highest BCUT2D eigenvalue weighted by Crippen LogP contribution is 2.43. The van der Waals surface area contributed by atoms with Gasteiger partial charge in [-0.1, -0.05) is 54.6 Å². The molecule has 2 atom stereocenters. The lowest BCUT2D eigenvalue weighted by Gasteiger charge is -2.13. The smallest absolute Gasteiger partial charge is 0.493 e. The minimum atomic E-state index is -4.71. The first-order chi connectivity index (χ1) is 27.2. The van der Waals surface area contributed by atoms with E-state index in [-0.39, 0.29) is 11.5 Å². The monoisotopic (exact) mass is 804 g/mol. The number of ether oxygens (including phenoxy) is 4. The molecule has 16 nitrogen and oxygen atoms in total. The number of phosphoric ester groups is 1. The normalized spacial score (nSPS) is 12.1. The second-order valence-corrected chi connectivity index (χ2v) is 13.5. The predicted molar refractivity (Wildman–Crippen MR) is 216 cm³/mol. The molecule has 0 radical (unpaired) electrons. The number of carboxylic acids is 2. The van der Waals surface area contributed by atoms with Crippen LogP contribution in [0.25, 0.3) is 34.0 Å². The number of methoxy groups -OCH3 is 4. The van der Waals surface area contributed by atoms with Crippen molar-refractivity contribution in [3.05, 3.63) is 114 Å². The number of aliphatic carboxylic acids is 2. The summed E-state index contributed by atoms with van der Waals surface area (Å²) < 4.78 is 36.8. The standard InChI is InChI=1S/C18H21O8P.2C11H12N2O2/c1-22-14-8-7-12(9-15(14)26-27(19,20)21)5-6-13-10-16(23-2)18(25-4)17(11-13)24-3;2*12-9(11(14)15)5-7-6-13-10-4-2-1-3-8(7)10/h5-11H,1-4H3,(H2,19,20,21);2*1-4,6,9,13H,5,12H2,(H,14,15)/b6-5-;;. The van der Waals surface area contributed by atoms with Gasteiger partial charge in [0, 0.05) is 47.0 Å². The van der Waals surface area contributed by atoms with Crippen LogP contribution < -0.4 is 34.9 Å². The van der Waals surface area contributed by atoms with Crippen LogP contribution in [0.1, 0.15) is 22.3 Å². The largest absolute Gasteiger partial charge is 0.524 e. The molecule has 0 spiro atoms. The highest BCUT2D eigenvalue weighted by molar-refractivity contribution is 7.46. The molecule has 57 heavy (non-hydrogen) atoms. The van der Waals surface area contributed by atoms with Crippen molar-refractivity contribution in [2.45, 2.75) is 24.9 Å². The van der Waals surface area contributed by atoms with Crippen LogP contribution >= 0.6 is 7.82 Å². The van der Waals surface area contributed by atoms with Gasteiger partial charge in [-0.2, -0.15) is 0 Å². The Labute approximate surface area is 327 Å². The van der Waals surface area contributed by atoms with E-state index in [1.807, 2.05) is 60.9 Å². The molecule has 2 unspecified atom stereocenters. The lowest BCUT2D eigenvalue weighted by molar-refractivity contribution is -0.139. The molecule has 2 aromatic heterocycles. The third-order valence-corrected chi connectivity index (χ3v) is 8.86. The predicted octanol–water partition coefficient (Wildman–Crippen LogP) is 5.61. The molecule has 2 heterocycles. The van der Waals surface area contributed by atoms with Gasteiger partial charge in [0.15, 0.2) is 23.0 Å². The van der Waals surface area contributed by atoms with E-state index in [0.717, 1.165) is 38.5 Å². The maximum atomic E-state index is 11.1. The van der Waals surface area contributed by atoms with Crippen molar-refractivity contribution in [2.24, 2.45) is 11.5 Å². The van der Waals surface area contributed by atoms with Gasteiger partial charge in [0.2, 0.25) is 5.75 Å². The van der Waals surface area contributed by atoms with E-state index in [1.165, 1.54) is 34.5 Å². The third-order valence-electron chi connectivity index (χ3n) is 8.42. The number of aromatic amines is 2. The highest BCUT2D eigenvalue weighted by atomic mass is 31.2. The average Bonchev–Trinajstić information content (AvgIpc) is 3.80. The Morgan fingerprint density at radius 1 is 0.649 bits per heavy atom. The Morgan fingerprint density at radius 3 is 1.51 bits per heavy atom. The second kappa shape index (κ2) is 20.0. The lowest BCUT2D eigenvalue weighted by atomic mass is 10.1. The number of carbonyl (C=O) groups is 2. The van der Waals surface area contributed by atoms with Gasteiger partial charge in [-0.25, -0.2) is 4.57 Å². The zero-order valence-electron chi connectivity index (χ0n) is 31.5. The number of para-hydroxylation sites is 2. The second-order valence-electron chi connectivity index (χ2n) is 12.3. The van der Waals surface area contributed by atoms with Crippen molar-refractivity contribution in [3.63, 3.8) is 0 Å². The van der Waals surface area contributed by atoms with Crippen LogP contribution in [0.4, 0.5) is 0 Å². The van der Waals surface area contributed by atoms with E-state index in [9.17, 15) is 14.2 Å². The molecule has 0 aliphatic carbocycles. The van der Waals surface area contributed by atoms with E-state index >= 15 is 0 Å². The maximum Gasteiger partial charge on any atom is 0.524 e. The van der Waals surface area contributed by atoms with E-state index in [0.29, 0.717) is 35.7 Å². The number of hydrogen-bond acceptors (Lipinski definition) is 10. The minimum Gasteiger partial charge on any atom is -0.493 e. The van der Waals surface area contributed by atoms with Gasteiger partial charge in [0.25, 0.3) is 0 Å². The molecule has 0 saturated heterocycles. The van der Waals surface area contributed by atoms with Gasteiger partial charge < -0.3 is 55.1 Å². The molecule has 0 amide bonds. The molecule has 6 aromatic rings. The molecule has 0 bridgehead atoms. The van der Waals surface area contributed by atoms with Crippen molar-refractivity contribution in [1.82, 2.24) is 9.97 Å². The molecular formula is C40H45N4O12P. The summed E-state index contributed by atoms with van der Waals surface area (Å²) in [6.45, 7) is 0. The Morgan fingerprint density at radius 2 is 1.09 bits per heavy atom. The molecule has 17 heteroatoms. The highest BCUT2D eigenvalue weighted by Gasteiger charge is 2.20. The number of H-pyrrole nitrogens is 2. The van der Waals surface area contributed by atoms with Gasteiger partial charge in [-0.15, -0.1) is 0 Å². The summed E-state index contributed by atoms with van der Waals surface area (Å²) in [4.78, 5) is 45.5. The van der Waals surface area contributed by atoms with E-state index < -0.39 is 31.8 Å². The number of aromatic nitrogens is 2. The molecule has 0 saturated carbocycles. The van der Waals surface area contributed by atoms with Gasteiger partial charge >= 0.3 is 19.8 Å². The molecule has 10 N–H and O–H groups in total. The maximum absolute atomic E-state index is 11.1. The van der Waals surface area contributed by atoms with Crippen LogP contribution in [0.5, 0.6) is 28.7 Å². The number of benzene rings is 4. The molecule has 0 aliphatic heterocycles. The summed E-state index contributed by atoms with van der Waals surface area (Å²) in [5.41, 5.74) is 16.3. The van der Waals surface area contributed by atoms with Gasteiger partial charge in [0.05, 0.1) is 28.4 Å². The SMILES string of the molecule is COc1ccc(/C=C\c2cc(OC)c(OC)c(OC)c2)cc1OP(=O)(O)O.NC(Cc1c[nH]c2ccccc12)C(=O)O.NC(Cc1c[nH]c2ccccc12)C(=O)O. The molecule has 4 aromatic carbocycles. The third kappa shape index (κ3) is 12.1. The number of hydrogen-bond donors (Lipinski definition) is 8. The van der Waals surface area contributed by atoms with Gasteiger partial charge in [-0.05, 0) is 58.7 Å². The van der Waals surface area contributed by atoms with Gasteiger partial charge in [0.1, 0.15) is 12.1 Å². The Hall–Kier alpha value is -6.29. The fourth-order valence-corrected chi connectivity index (χ4v) is 6.03. The van der Waals surface area contributed by atoms with Crippen LogP contribution in [0, 0.1) is 0 Å². The number of nitrogens with one attached hydrogen (secondary N) is 2. The fourth-order valence-electron chi connectivity index (χ4n) is 5.64. The van der Waals surface area contributed by atoms with Gasteiger partial charge in [-0.3, -0.25) is 19.4 Å². The number of nitrogens with two attached hydrogens (primary N) is 2. The van der Waals surface area contributed by atoms with Crippen molar-refractivity contribution < 1.29 is 57.6 Å². The Balaban J connectivity index is 0.000000203. The number of phosphoric acid groups is 1. The van der Waals surface area contributed by atoms with Crippen molar-refractivity contribution >= 4 is 53.7 Å². The molecule has 302 valence electrons. The summed E-state index contributed by atoms with van der Waals surface area (Å²) >= 11 is 0. The van der Waals surface area contributed by atoms with Crippen LogP contribution in [-0.2, 0) is 27.0 Å². The van der Waals surface area contributed by atoms with Crippen LogP contribution in [0.2, 0.25) is 0 Å². The summed E-state index contributed by atoms with van der Waals surface area (Å²) in [6.07, 6.45) is 7.85. The lowest BCUT2D eigenvalue weighted by Crippen LogP contribution is -2.32. The van der Waals surface area contributed by atoms with Crippen molar-refractivity contribution in [3.8, 4) is 28.7 Å². The van der Waals surface area contributed by atoms with Crippen LogP contribution in [0.15, 0.2) is 91.3 Å². The molecule has 6 rings (SSSR count). The van der Waals surface area contributed by atoms with Crippen LogP contribution in [0.3, 0.4) is 0 Å². The molecule has 0 aliphatic rings. The van der Waals surface area contributed by atoms with Crippen LogP contribution in [-0.4, -0.2) is 82.4 Å². The quantitative estimate of drug-likeness (QED) is 0.0492. The number of carboxylic acid groups (broad SMARTS) is 2. The van der Waals surface area contributed by atoms with Crippen molar-refractivity contribution in [2.75, 3.05) is 28.4 Å². The first-order valence-corrected chi connectivity index (χ1v) is 18.7. The fraction of sp³-hybridized carbons (Fsp3) is 0.200. The molecule has 0 fully saturated rings. The van der Waals surface area contributed by atoms with E-state index in [4.69, 9.17) is 50.4 Å². The Bertz CT molecular complexity index is 2250. The van der Waals surface area contributed by atoms with E-state index in [1.54, 1.807) is 36.4 Å². The number of rotatable bonds is 14.